The van der Waals surface area contributed by atoms with Crippen LogP contribution in [0.5, 0.6) is 0 Å². The molecule has 84 valence electrons. The Hall–Kier alpha value is -0.520. The zero-order chi connectivity index (χ0) is 11.6. The Morgan fingerprint density at radius 3 is 2.67 bits per heavy atom. The minimum atomic E-state index is -0.859. The zero-order valence-corrected chi connectivity index (χ0v) is 11.4. The fraction of sp³-hybridized carbons (Fsp3) is 0.545. The lowest BCUT2D eigenvalue weighted by Crippen LogP contribution is -2.28. The van der Waals surface area contributed by atoms with Crippen molar-refractivity contribution in [2.45, 2.75) is 39.2 Å². The molecule has 0 saturated carbocycles. The van der Waals surface area contributed by atoms with Gasteiger partial charge < -0.3 is 9.67 Å². The highest BCUT2D eigenvalue weighted by molar-refractivity contribution is 14.1. The molecule has 0 amide bonds. The summed E-state index contributed by atoms with van der Waals surface area (Å²) >= 11 is 2.14. The highest BCUT2D eigenvalue weighted by Gasteiger charge is 2.24. The number of carboxylic acid groups (broad SMARTS) is 1. The first kappa shape index (κ1) is 12.5. The van der Waals surface area contributed by atoms with Crippen LogP contribution in [0.15, 0.2) is 12.3 Å². The van der Waals surface area contributed by atoms with E-state index in [9.17, 15) is 4.79 Å². The molecule has 1 rings (SSSR count). The summed E-state index contributed by atoms with van der Waals surface area (Å²) in [6.07, 6.45) is 3.92. The normalized spacial score (nSPS) is 11.7. The Kier molecular flexibility index (Phi) is 3.81. The van der Waals surface area contributed by atoms with Gasteiger partial charge in [0.15, 0.2) is 0 Å². The second-order valence-electron chi connectivity index (χ2n) is 4.28. The molecule has 1 N–H and O–H groups in total. The molecule has 0 aromatic carbocycles. The molecule has 3 nitrogen and oxygen atoms in total. The van der Waals surface area contributed by atoms with Gasteiger partial charge >= 0.3 is 5.97 Å². The largest absolute Gasteiger partial charge is 0.477 e. The molecule has 0 aliphatic rings. The molecule has 1 aromatic heterocycles. The number of hydrogen-bond donors (Lipinski definition) is 1. The maximum atomic E-state index is 11.1. The molecule has 1 heterocycles. The van der Waals surface area contributed by atoms with Crippen LogP contribution in [0.1, 0.15) is 44.1 Å². The molecule has 0 unspecified atom stereocenters. The van der Waals surface area contributed by atoms with E-state index in [4.69, 9.17) is 5.11 Å². The van der Waals surface area contributed by atoms with Gasteiger partial charge in [0.25, 0.3) is 0 Å². The van der Waals surface area contributed by atoms with Crippen LogP contribution in [-0.2, 0) is 5.54 Å². The van der Waals surface area contributed by atoms with E-state index in [-0.39, 0.29) is 5.54 Å². The van der Waals surface area contributed by atoms with E-state index in [1.807, 2.05) is 10.8 Å². The maximum absolute atomic E-state index is 11.1. The number of hydrogen-bond acceptors (Lipinski definition) is 1. The Bertz CT molecular complexity index is 369. The molecule has 0 spiro atoms. The third-order valence-electron chi connectivity index (χ3n) is 2.52. The highest BCUT2D eigenvalue weighted by atomic mass is 127. The summed E-state index contributed by atoms with van der Waals surface area (Å²) in [6, 6.07) is 1.71. The minimum absolute atomic E-state index is 0.133. The van der Waals surface area contributed by atoms with Crippen molar-refractivity contribution in [3.8, 4) is 0 Å². The molecule has 0 aliphatic heterocycles. The van der Waals surface area contributed by atoms with E-state index in [2.05, 4.69) is 43.4 Å². The van der Waals surface area contributed by atoms with Crippen LogP contribution in [0, 0.1) is 3.57 Å². The zero-order valence-electron chi connectivity index (χ0n) is 9.25. The first-order chi connectivity index (χ1) is 6.88. The Balaban J connectivity index is 3.17. The van der Waals surface area contributed by atoms with Gasteiger partial charge in [-0.2, -0.15) is 0 Å². The monoisotopic (exact) mass is 321 g/mol. The second-order valence-corrected chi connectivity index (χ2v) is 5.53. The molecule has 1 aromatic rings. The van der Waals surface area contributed by atoms with Crippen LogP contribution in [0.2, 0.25) is 0 Å². The second kappa shape index (κ2) is 4.55. The van der Waals surface area contributed by atoms with Gasteiger partial charge in [-0.3, -0.25) is 0 Å². The molecule has 0 saturated heterocycles. The molecular formula is C11H16INO2. The van der Waals surface area contributed by atoms with Gasteiger partial charge in [-0.15, -0.1) is 0 Å². The lowest BCUT2D eigenvalue weighted by Gasteiger charge is -2.28. The first-order valence-corrected chi connectivity index (χ1v) is 6.08. The number of nitrogens with zero attached hydrogens (tertiary/aromatic N) is 1. The van der Waals surface area contributed by atoms with E-state index in [1.165, 1.54) is 0 Å². The average Bonchev–Trinajstić information content (AvgIpc) is 2.47. The smallest absolute Gasteiger partial charge is 0.352 e. The average molecular weight is 321 g/mol. The van der Waals surface area contributed by atoms with E-state index >= 15 is 0 Å². The van der Waals surface area contributed by atoms with Gasteiger partial charge in [0.2, 0.25) is 0 Å². The molecule has 0 bridgehead atoms. The summed E-state index contributed by atoms with van der Waals surface area (Å²) in [7, 11) is 0. The molecule has 0 fully saturated rings. The SMILES string of the molecule is CCCC(C)(C)n1cc(I)cc1C(=O)O. The Morgan fingerprint density at radius 2 is 2.20 bits per heavy atom. The van der Waals surface area contributed by atoms with E-state index < -0.39 is 5.97 Å². The summed E-state index contributed by atoms with van der Waals surface area (Å²) in [6.45, 7) is 6.24. The van der Waals surface area contributed by atoms with Crippen molar-refractivity contribution in [1.29, 1.82) is 0 Å². The van der Waals surface area contributed by atoms with Gasteiger partial charge in [0.05, 0.1) is 0 Å². The van der Waals surface area contributed by atoms with Gasteiger partial charge in [0.1, 0.15) is 5.69 Å². The molecular weight excluding hydrogens is 305 g/mol. The van der Waals surface area contributed by atoms with Crippen LogP contribution in [0.25, 0.3) is 0 Å². The quantitative estimate of drug-likeness (QED) is 0.865. The predicted molar refractivity (Wildman–Crippen MR) is 68.3 cm³/mol. The van der Waals surface area contributed by atoms with Crippen molar-refractivity contribution < 1.29 is 9.90 Å². The number of aromatic nitrogens is 1. The van der Waals surface area contributed by atoms with E-state index in [0.717, 1.165) is 16.4 Å². The fourth-order valence-electron chi connectivity index (χ4n) is 1.83. The van der Waals surface area contributed by atoms with Crippen molar-refractivity contribution in [3.05, 3.63) is 21.5 Å². The van der Waals surface area contributed by atoms with Gasteiger partial charge in [-0.25, -0.2) is 4.79 Å². The summed E-state index contributed by atoms with van der Waals surface area (Å²) in [4.78, 5) is 11.1. The van der Waals surface area contributed by atoms with Gasteiger partial charge in [0, 0.05) is 15.3 Å². The third-order valence-corrected chi connectivity index (χ3v) is 3.11. The number of carboxylic acids is 1. The van der Waals surface area contributed by atoms with Crippen molar-refractivity contribution in [2.75, 3.05) is 0 Å². The molecule has 15 heavy (non-hydrogen) atoms. The molecule has 0 aliphatic carbocycles. The van der Waals surface area contributed by atoms with Crippen LogP contribution < -0.4 is 0 Å². The lowest BCUT2D eigenvalue weighted by atomic mass is 9.98. The lowest BCUT2D eigenvalue weighted by molar-refractivity contribution is 0.0676. The minimum Gasteiger partial charge on any atom is -0.477 e. The summed E-state index contributed by atoms with van der Waals surface area (Å²) in [5.74, 6) is -0.859. The maximum Gasteiger partial charge on any atom is 0.352 e. The summed E-state index contributed by atoms with van der Waals surface area (Å²) in [5.41, 5.74) is 0.240. The molecule has 0 radical (unpaired) electrons. The van der Waals surface area contributed by atoms with Crippen molar-refractivity contribution in [2.24, 2.45) is 0 Å². The third kappa shape index (κ3) is 2.74. The summed E-state index contributed by atoms with van der Waals surface area (Å²) in [5, 5.41) is 9.09. The topological polar surface area (TPSA) is 42.2 Å². The Morgan fingerprint density at radius 1 is 1.60 bits per heavy atom. The van der Waals surface area contributed by atoms with Crippen molar-refractivity contribution >= 4 is 28.6 Å². The van der Waals surface area contributed by atoms with Crippen LogP contribution in [0.3, 0.4) is 0 Å². The Labute approximate surface area is 104 Å². The van der Waals surface area contributed by atoms with Gasteiger partial charge in [-0.05, 0) is 48.9 Å². The van der Waals surface area contributed by atoms with E-state index in [1.54, 1.807) is 6.07 Å². The van der Waals surface area contributed by atoms with Crippen LogP contribution in [0.4, 0.5) is 0 Å². The van der Waals surface area contributed by atoms with Crippen LogP contribution >= 0.6 is 22.6 Å². The fourth-order valence-corrected chi connectivity index (χ4v) is 2.40. The number of rotatable bonds is 4. The van der Waals surface area contributed by atoms with Crippen LogP contribution in [-0.4, -0.2) is 15.6 Å². The highest BCUT2D eigenvalue weighted by Crippen LogP contribution is 2.26. The van der Waals surface area contributed by atoms with E-state index in [0.29, 0.717) is 5.69 Å². The number of carbonyl (C=O) groups is 1. The number of halogens is 1. The van der Waals surface area contributed by atoms with Crippen molar-refractivity contribution in [1.82, 2.24) is 4.57 Å². The van der Waals surface area contributed by atoms with Crippen molar-refractivity contribution in [3.63, 3.8) is 0 Å². The standard InChI is InChI=1S/C11H16INO2/c1-4-5-11(2,3)13-7-8(12)6-9(13)10(14)15/h6-7H,4-5H2,1-3H3,(H,14,15). The predicted octanol–water partition coefficient (Wildman–Crippen LogP) is 3.33. The first-order valence-electron chi connectivity index (χ1n) is 5.00. The number of aromatic carboxylic acids is 1. The van der Waals surface area contributed by atoms with Gasteiger partial charge in [-0.1, -0.05) is 13.3 Å². The molecule has 4 heteroatoms. The summed E-state index contributed by atoms with van der Waals surface area (Å²) < 4.78 is 2.83. The molecule has 0 atom stereocenters.